The van der Waals surface area contributed by atoms with Crippen LogP contribution in [0.5, 0.6) is 0 Å². The molecule has 2 N–H and O–H groups in total. The number of nitrogens with one attached hydrogen (secondary N) is 2. The highest BCUT2D eigenvalue weighted by Gasteiger charge is 2.24. The van der Waals surface area contributed by atoms with Gasteiger partial charge in [-0.3, -0.25) is 9.59 Å². The molecule has 1 atom stereocenters. The van der Waals surface area contributed by atoms with Gasteiger partial charge >= 0.3 is 0 Å². The van der Waals surface area contributed by atoms with Crippen molar-refractivity contribution < 1.29 is 9.59 Å². The summed E-state index contributed by atoms with van der Waals surface area (Å²) in [7, 11) is 0. The molecule has 2 amide bonds. The van der Waals surface area contributed by atoms with Gasteiger partial charge in [-0.2, -0.15) is 0 Å². The summed E-state index contributed by atoms with van der Waals surface area (Å²) in [5.41, 5.74) is 3.74. The van der Waals surface area contributed by atoms with E-state index in [4.69, 9.17) is 0 Å². The first-order valence-corrected chi connectivity index (χ1v) is 11.6. The Labute approximate surface area is 195 Å². The predicted octanol–water partition coefficient (Wildman–Crippen LogP) is 4.51. The minimum atomic E-state index is -0.0719. The largest absolute Gasteiger partial charge is 0.371 e. The van der Waals surface area contributed by atoms with Crippen molar-refractivity contribution in [3.8, 4) is 0 Å². The molecule has 0 aliphatic carbocycles. The number of piperidine rings is 1. The van der Waals surface area contributed by atoms with E-state index in [1.54, 1.807) is 0 Å². The van der Waals surface area contributed by atoms with Crippen molar-refractivity contribution >= 4 is 17.5 Å². The number of hydrogen-bond donors (Lipinski definition) is 2. The standard InChI is InChI=1S/C28H31N3O2/c1-21(23-12-6-3-7-13-23)29-28(33)25-14-8-9-15-26(25)31-18-16-24(17-19-31)30-27(32)20-22-10-4-2-5-11-22/h2-15,21,24H,16-20H2,1H3,(H,29,33)(H,30,32)/t21-/m0/s1. The van der Waals surface area contributed by atoms with Crippen LogP contribution in [-0.2, 0) is 11.2 Å². The summed E-state index contributed by atoms with van der Waals surface area (Å²) in [5, 5.41) is 6.30. The Morgan fingerprint density at radius 2 is 1.48 bits per heavy atom. The van der Waals surface area contributed by atoms with Crippen molar-refractivity contribution in [2.24, 2.45) is 0 Å². The molecular formula is C28H31N3O2. The molecule has 0 radical (unpaired) electrons. The minimum Gasteiger partial charge on any atom is -0.371 e. The lowest BCUT2D eigenvalue weighted by atomic mass is 10.0. The quantitative estimate of drug-likeness (QED) is 0.567. The summed E-state index contributed by atoms with van der Waals surface area (Å²) >= 11 is 0. The first-order valence-electron chi connectivity index (χ1n) is 11.6. The Bertz CT molecular complexity index is 1060. The number of para-hydroxylation sites is 1. The zero-order valence-corrected chi connectivity index (χ0v) is 19.0. The molecule has 0 saturated carbocycles. The molecule has 1 aliphatic heterocycles. The minimum absolute atomic E-state index is 0.0642. The van der Waals surface area contributed by atoms with Gasteiger partial charge in [0.25, 0.3) is 5.91 Å². The average Bonchev–Trinajstić information content (AvgIpc) is 2.85. The van der Waals surface area contributed by atoms with Crippen molar-refractivity contribution in [2.45, 2.75) is 38.3 Å². The van der Waals surface area contributed by atoms with Gasteiger partial charge in [0, 0.05) is 24.8 Å². The van der Waals surface area contributed by atoms with E-state index < -0.39 is 0 Å². The average molecular weight is 442 g/mol. The molecule has 0 spiro atoms. The van der Waals surface area contributed by atoms with Crippen LogP contribution in [0.2, 0.25) is 0 Å². The van der Waals surface area contributed by atoms with Crippen LogP contribution in [0, 0.1) is 0 Å². The molecule has 3 aromatic carbocycles. The SMILES string of the molecule is C[C@H](NC(=O)c1ccccc1N1CCC(NC(=O)Cc2ccccc2)CC1)c1ccccc1. The highest BCUT2D eigenvalue weighted by molar-refractivity contribution is 6.00. The Balaban J connectivity index is 1.34. The summed E-state index contributed by atoms with van der Waals surface area (Å²) in [6.07, 6.45) is 2.12. The molecular weight excluding hydrogens is 410 g/mol. The zero-order chi connectivity index (χ0) is 23.0. The number of nitrogens with zero attached hydrogens (tertiary/aromatic N) is 1. The maximum absolute atomic E-state index is 13.1. The predicted molar refractivity (Wildman–Crippen MR) is 132 cm³/mol. The van der Waals surface area contributed by atoms with E-state index >= 15 is 0 Å². The molecule has 5 nitrogen and oxygen atoms in total. The maximum atomic E-state index is 13.1. The molecule has 5 heteroatoms. The fourth-order valence-electron chi connectivity index (χ4n) is 4.37. The number of carbonyl (C=O) groups excluding carboxylic acids is 2. The number of carbonyl (C=O) groups is 2. The van der Waals surface area contributed by atoms with Crippen molar-refractivity contribution in [1.82, 2.24) is 10.6 Å². The lowest BCUT2D eigenvalue weighted by molar-refractivity contribution is -0.121. The first-order chi connectivity index (χ1) is 16.1. The highest BCUT2D eigenvalue weighted by atomic mass is 16.2. The second-order valence-electron chi connectivity index (χ2n) is 8.61. The Hall–Kier alpha value is -3.60. The lowest BCUT2D eigenvalue weighted by Crippen LogP contribution is -2.45. The molecule has 0 bridgehead atoms. The summed E-state index contributed by atoms with van der Waals surface area (Å²) in [5.74, 6) is -0.00503. The number of benzene rings is 3. The van der Waals surface area contributed by atoms with Gasteiger partial charge in [0.1, 0.15) is 0 Å². The second-order valence-corrected chi connectivity index (χ2v) is 8.61. The van der Waals surface area contributed by atoms with Crippen LogP contribution in [0.15, 0.2) is 84.9 Å². The van der Waals surface area contributed by atoms with Gasteiger partial charge in [0.2, 0.25) is 5.91 Å². The van der Waals surface area contributed by atoms with Crippen LogP contribution in [-0.4, -0.2) is 30.9 Å². The van der Waals surface area contributed by atoms with E-state index in [9.17, 15) is 9.59 Å². The number of rotatable bonds is 7. The molecule has 170 valence electrons. The molecule has 1 heterocycles. The van der Waals surface area contributed by atoms with Crippen molar-refractivity contribution in [1.29, 1.82) is 0 Å². The van der Waals surface area contributed by atoms with E-state index in [2.05, 4.69) is 15.5 Å². The van der Waals surface area contributed by atoms with Crippen LogP contribution in [0.4, 0.5) is 5.69 Å². The maximum Gasteiger partial charge on any atom is 0.253 e. The van der Waals surface area contributed by atoms with Crippen LogP contribution >= 0.6 is 0 Å². The fraction of sp³-hybridized carbons (Fsp3) is 0.286. The van der Waals surface area contributed by atoms with Gasteiger partial charge in [-0.25, -0.2) is 0 Å². The number of anilines is 1. The third kappa shape index (κ3) is 6.01. The smallest absolute Gasteiger partial charge is 0.253 e. The van der Waals surface area contributed by atoms with Crippen LogP contribution < -0.4 is 15.5 Å². The number of hydrogen-bond acceptors (Lipinski definition) is 3. The molecule has 1 fully saturated rings. The van der Waals surface area contributed by atoms with E-state index in [1.165, 1.54) is 0 Å². The second kappa shape index (κ2) is 10.8. The zero-order valence-electron chi connectivity index (χ0n) is 19.0. The van der Waals surface area contributed by atoms with E-state index in [-0.39, 0.29) is 23.9 Å². The summed E-state index contributed by atoms with van der Waals surface area (Å²) in [4.78, 5) is 27.8. The van der Waals surface area contributed by atoms with Crippen LogP contribution in [0.1, 0.15) is 47.3 Å². The van der Waals surface area contributed by atoms with E-state index in [0.29, 0.717) is 12.0 Å². The van der Waals surface area contributed by atoms with Crippen molar-refractivity contribution in [2.75, 3.05) is 18.0 Å². The van der Waals surface area contributed by atoms with Crippen LogP contribution in [0.3, 0.4) is 0 Å². The highest BCUT2D eigenvalue weighted by Crippen LogP contribution is 2.25. The summed E-state index contributed by atoms with van der Waals surface area (Å²) in [6, 6.07) is 27.7. The van der Waals surface area contributed by atoms with Gasteiger partial charge in [0.15, 0.2) is 0 Å². The molecule has 0 unspecified atom stereocenters. The third-order valence-corrected chi connectivity index (χ3v) is 6.20. The third-order valence-electron chi connectivity index (χ3n) is 6.20. The Morgan fingerprint density at radius 3 is 2.18 bits per heavy atom. The molecule has 0 aromatic heterocycles. The fourth-order valence-corrected chi connectivity index (χ4v) is 4.37. The van der Waals surface area contributed by atoms with E-state index in [0.717, 1.165) is 42.7 Å². The summed E-state index contributed by atoms with van der Waals surface area (Å²) in [6.45, 7) is 3.60. The first kappa shape index (κ1) is 22.6. The van der Waals surface area contributed by atoms with Crippen molar-refractivity contribution in [3.63, 3.8) is 0 Å². The lowest BCUT2D eigenvalue weighted by Gasteiger charge is -2.35. The van der Waals surface area contributed by atoms with Gasteiger partial charge < -0.3 is 15.5 Å². The van der Waals surface area contributed by atoms with Crippen molar-refractivity contribution in [3.05, 3.63) is 102 Å². The summed E-state index contributed by atoms with van der Waals surface area (Å²) < 4.78 is 0. The van der Waals surface area contributed by atoms with Gasteiger partial charge in [-0.15, -0.1) is 0 Å². The molecule has 33 heavy (non-hydrogen) atoms. The monoisotopic (exact) mass is 441 g/mol. The van der Waals surface area contributed by atoms with Gasteiger partial charge in [-0.05, 0) is 43.0 Å². The van der Waals surface area contributed by atoms with Gasteiger partial charge in [-0.1, -0.05) is 72.8 Å². The molecule has 1 aliphatic rings. The topological polar surface area (TPSA) is 61.4 Å². The Morgan fingerprint density at radius 1 is 0.879 bits per heavy atom. The van der Waals surface area contributed by atoms with Gasteiger partial charge in [0.05, 0.1) is 18.0 Å². The number of amides is 2. The van der Waals surface area contributed by atoms with Crippen LogP contribution in [0.25, 0.3) is 0 Å². The molecule has 3 aromatic rings. The Kier molecular flexibility index (Phi) is 7.40. The molecule has 1 saturated heterocycles. The van der Waals surface area contributed by atoms with E-state index in [1.807, 2.05) is 91.9 Å². The molecule has 4 rings (SSSR count). The normalized spacial score (nSPS) is 15.0.